The monoisotopic (exact) mass is 531 g/mol. The fourth-order valence-corrected chi connectivity index (χ4v) is 6.14. The second kappa shape index (κ2) is 11.6. The molecule has 1 atom stereocenters. The summed E-state index contributed by atoms with van der Waals surface area (Å²) in [5, 5.41) is 0. The molecule has 2 aromatic heterocycles. The van der Waals surface area contributed by atoms with Gasteiger partial charge in [-0.15, -0.1) is 0 Å². The van der Waals surface area contributed by atoms with Crippen molar-refractivity contribution in [2.24, 2.45) is 0 Å². The molecule has 2 aliphatic rings. The zero-order valence-electron chi connectivity index (χ0n) is 23.4. The number of amides is 2. The zero-order chi connectivity index (χ0) is 27.5. The van der Waals surface area contributed by atoms with Crippen LogP contribution in [0.15, 0.2) is 91.0 Å². The first-order valence-electron chi connectivity index (χ1n) is 14.3. The van der Waals surface area contributed by atoms with Crippen LogP contribution in [0.1, 0.15) is 51.9 Å². The predicted molar refractivity (Wildman–Crippen MR) is 158 cm³/mol. The Morgan fingerprint density at radius 1 is 0.750 bits per heavy atom. The average Bonchev–Trinajstić information content (AvgIpc) is 2.99. The predicted octanol–water partition coefficient (Wildman–Crippen LogP) is 5.94. The Labute approximate surface area is 237 Å². The number of urea groups is 1. The van der Waals surface area contributed by atoms with E-state index in [-0.39, 0.29) is 18.1 Å². The van der Waals surface area contributed by atoms with Crippen molar-refractivity contribution >= 4 is 6.03 Å². The third kappa shape index (κ3) is 5.63. The number of fused-ring (bicyclic) bond motifs is 1. The van der Waals surface area contributed by atoms with Crippen LogP contribution in [0.4, 0.5) is 4.79 Å². The molecule has 0 radical (unpaired) electrons. The molecule has 0 aliphatic carbocycles. The van der Waals surface area contributed by atoms with E-state index in [9.17, 15) is 4.79 Å². The van der Waals surface area contributed by atoms with Gasteiger partial charge in [0.05, 0.1) is 30.0 Å². The summed E-state index contributed by atoms with van der Waals surface area (Å²) in [5.74, 6) is 0. The first kappa shape index (κ1) is 26.2. The van der Waals surface area contributed by atoms with Crippen molar-refractivity contribution in [3.05, 3.63) is 130 Å². The lowest BCUT2D eigenvalue weighted by Gasteiger charge is -2.49. The number of pyridine rings is 2. The van der Waals surface area contributed by atoms with E-state index in [1.165, 1.54) is 11.1 Å². The lowest BCUT2D eigenvalue weighted by molar-refractivity contribution is 0.0217. The molecule has 1 saturated heterocycles. The van der Waals surface area contributed by atoms with Gasteiger partial charge in [-0.1, -0.05) is 66.7 Å². The number of aryl methyl sites for hydroxylation is 3. The van der Waals surface area contributed by atoms with E-state index in [0.29, 0.717) is 13.1 Å². The smallest absolute Gasteiger partial charge is 0.319 e. The Balaban J connectivity index is 1.36. The molecule has 4 aromatic rings. The summed E-state index contributed by atoms with van der Waals surface area (Å²) < 4.78 is 0. The second-order valence-electron chi connectivity index (χ2n) is 11.1. The van der Waals surface area contributed by atoms with Crippen molar-refractivity contribution in [1.82, 2.24) is 24.7 Å². The highest BCUT2D eigenvalue weighted by molar-refractivity contribution is 5.76. The second-order valence-corrected chi connectivity index (χ2v) is 11.1. The van der Waals surface area contributed by atoms with Gasteiger partial charge in [0.15, 0.2) is 0 Å². The molecule has 0 N–H and O–H groups in total. The maximum Gasteiger partial charge on any atom is 0.321 e. The van der Waals surface area contributed by atoms with E-state index in [1.807, 2.05) is 49.1 Å². The van der Waals surface area contributed by atoms with Gasteiger partial charge in [-0.05, 0) is 67.6 Å². The minimum atomic E-state index is -0.153. The van der Waals surface area contributed by atoms with E-state index in [4.69, 9.17) is 9.97 Å². The van der Waals surface area contributed by atoms with Gasteiger partial charge in [0.1, 0.15) is 0 Å². The number of hydrogen-bond donors (Lipinski definition) is 0. The Morgan fingerprint density at radius 3 is 2.10 bits per heavy atom. The molecule has 2 amide bonds. The fraction of sp³-hybridized carbons (Fsp3) is 0.324. The van der Waals surface area contributed by atoms with Gasteiger partial charge in [-0.25, -0.2) is 4.79 Å². The number of nitrogens with zero attached hydrogens (tertiary/aromatic N) is 5. The third-order valence-corrected chi connectivity index (χ3v) is 8.07. The molecular formula is C34H37N5O. The first-order chi connectivity index (χ1) is 19.5. The van der Waals surface area contributed by atoms with E-state index >= 15 is 0 Å². The van der Waals surface area contributed by atoms with Gasteiger partial charge in [-0.2, -0.15) is 0 Å². The number of aromatic nitrogens is 2. The van der Waals surface area contributed by atoms with Gasteiger partial charge in [0.25, 0.3) is 0 Å². The first-order valence-corrected chi connectivity index (χ1v) is 14.3. The van der Waals surface area contributed by atoms with E-state index in [0.717, 1.165) is 60.8 Å². The van der Waals surface area contributed by atoms with Crippen LogP contribution < -0.4 is 0 Å². The van der Waals surface area contributed by atoms with Gasteiger partial charge < -0.3 is 9.80 Å². The van der Waals surface area contributed by atoms with E-state index in [1.54, 1.807) is 0 Å². The summed E-state index contributed by atoms with van der Waals surface area (Å²) in [6.07, 6.45) is 1.86. The molecule has 40 heavy (non-hydrogen) atoms. The minimum absolute atomic E-state index is 0.0900. The highest BCUT2D eigenvalue weighted by Gasteiger charge is 2.42. The average molecular weight is 532 g/mol. The van der Waals surface area contributed by atoms with Gasteiger partial charge in [0, 0.05) is 37.6 Å². The molecule has 0 bridgehead atoms. The highest BCUT2D eigenvalue weighted by Crippen LogP contribution is 2.37. The molecule has 1 unspecified atom stereocenters. The number of likely N-dealkylation sites (tertiary alicyclic amines) is 1. The van der Waals surface area contributed by atoms with Crippen LogP contribution in [-0.2, 0) is 19.5 Å². The largest absolute Gasteiger partial charge is 0.321 e. The van der Waals surface area contributed by atoms with Crippen LogP contribution in [0.3, 0.4) is 0 Å². The summed E-state index contributed by atoms with van der Waals surface area (Å²) in [6, 6.07) is 31.5. The van der Waals surface area contributed by atoms with Crippen molar-refractivity contribution < 1.29 is 4.79 Å². The van der Waals surface area contributed by atoms with Crippen LogP contribution in [0.5, 0.6) is 0 Å². The SMILES string of the molecule is Cc1cccc(CN2CC(N3C(=O)N(Cc4cccc(C)n4)CCCc4ccccc4C3c3ccccc3)C2)n1. The van der Waals surface area contributed by atoms with Crippen LogP contribution in [-0.4, -0.2) is 56.4 Å². The van der Waals surface area contributed by atoms with Crippen LogP contribution in [0.2, 0.25) is 0 Å². The summed E-state index contributed by atoms with van der Waals surface area (Å²) >= 11 is 0. The van der Waals surface area contributed by atoms with Crippen molar-refractivity contribution in [2.45, 2.75) is 51.9 Å². The summed E-state index contributed by atoms with van der Waals surface area (Å²) in [4.78, 5) is 30.7. The highest BCUT2D eigenvalue weighted by atomic mass is 16.2. The maximum atomic E-state index is 14.7. The van der Waals surface area contributed by atoms with E-state index < -0.39 is 0 Å². The van der Waals surface area contributed by atoms with Crippen LogP contribution >= 0.6 is 0 Å². The lowest BCUT2D eigenvalue weighted by Crippen LogP contribution is -2.63. The van der Waals surface area contributed by atoms with Crippen molar-refractivity contribution in [3.8, 4) is 0 Å². The van der Waals surface area contributed by atoms with Gasteiger partial charge >= 0.3 is 6.03 Å². The normalized spacial score (nSPS) is 18.4. The van der Waals surface area contributed by atoms with Gasteiger partial charge in [-0.3, -0.25) is 14.9 Å². The zero-order valence-corrected chi connectivity index (χ0v) is 23.4. The fourth-order valence-electron chi connectivity index (χ4n) is 6.14. The lowest BCUT2D eigenvalue weighted by atomic mass is 9.89. The summed E-state index contributed by atoms with van der Waals surface area (Å²) in [7, 11) is 0. The maximum absolute atomic E-state index is 14.7. The Bertz CT molecular complexity index is 1470. The molecule has 2 aliphatic heterocycles. The molecule has 0 saturated carbocycles. The molecule has 204 valence electrons. The Morgan fingerprint density at radius 2 is 1.40 bits per heavy atom. The number of carbonyl (C=O) groups excluding carboxylic acids is 1. The van der Waals surface area contributed by atoms with Crippen LogP contribution in [0.25, 0.3) is 0 Å². The standard InChI is InChI=1S/C34H37N5O/c1-25-11-8-17-29(35-25)21-37-23-31(24-37)39-33(28-14-4-3-5-15-28)32-19-7-6-13-27(32)16-10-20-38(34(39)40)22-30-18-9-12-26(2)36-30/h3-9,11-15,17-19,31,33H,10,16,20-24H2,1-2H3. The molecule has 2 aromatic carbocycles. The molecule has 6 nitrogen and oxygen atoms in total. The molecule has 0 spiro atoms. The van der Waals surface area contributed by atoms with Crippen LogP contribution in [0, 0.1) is 13.8 Å². The van der Waals surface area contributed by atoms with Crippen molar-refractivity contribution in [2.75, 3.05) is 19.6 Å². The Kier molecular flexibility index (Phi) is 7.60. The van der Waals surface area contributed by atoms with E-state index in [2.05, 4.69) is 70.5 Å². The number of rotatable bonds is 6. The number of carbonyl (C=O) groups is 1. The molecule has 4 heterocycles. The minimum Gasteiger partial charge on any atom is -0.319 e. The molecule has 6 heteroatoms. The Hall–Kier alpha value is -4.03. The quantitative estimate of drug-likeness (QED) is 0.309. The number of hydrogen-bond acceptors (Lipinski definition) is 4. The van der Waals surface area contributed by atoms with Crippen molar-refractivity contribution in [1.29, 1.82) is 0 Å². The molecule has 1 fully saturated rings. The number of benzene rings is 2. The summed E-state index contributed by atoms with van der Waals surface area (Å²) in [5.41, 5.74) is 7.72. The summed E-state index contributed by atoms with van der Waals surface area (Å²) in [6.45, 7) is 7.69. The van der Waals surface area contributed by atoms with Gasteiger partial charge in [0.2, 0.25) is 0 Å². The topological polar surface area (TPSA) is 52.6 Å². The van der Waals surface area contributed by atoms with Crippen molar-refractivity contribution in [3.63, 3.8) is 0 Å². The third-order valence-electron chi connectivity index (χ3n) is 8.07. The molecule has 6 rings (SSSR count). The molecular weight excluding hydrogens is 494 g/mol.